The van der Waals surface area contributed by atoms with E-state index in [0.717, 1.165) is 55.9 Å². The van der Waals surface area contributed by atoms with Crippen molar-refractivity contribution in [2.24, 2.45) is 5.92 Å². The van der Waals surface area contributed by atoms with Crippen molar-refractivity contribution in [3.63, 3.8) is 0 Å². The minimum Gasteiger partial charge on any atom is -0.352 e. The second kappa shape index (κ2) is 10.6. The first-order chi connectivity index (χ1) is 15.7. The number of pyridine rings is 2. The third-order valence-corrected chi connectivity index (χ3v) is 6.78. The summed E-state index contributed by atoms with van der Waals surface area (Å²) in [4.78, 5) is 35.7. The van der Waals surface area contributed by atoms with Crippen LogP contribution in [0, 0.1) is 5.92 Å². The van der Waals surface area contributed by atoms with Crippen molar-refractivity contribution in [1.29, 1.82) is 0 Å². The summed E-state index contributed by atoms with van der Waals surface area (Å²) < 4.78 is 1.85. The Bertz CT molecular complexity index is 1070. The SMILES string of the molecule is CSc1ncccc1C(=O)N1CCC(CCCCNC(=O)c2ccc3nccn3c2)CC1. The van der Waals surface area contributed by atoms with Gasteiger partial charge in [-0.05, 0) is 55.7 Å². The Morgan fingerprint density at radius 1 is 1.12 bits per heavy atom. The zero-order valence-electron chi connectivity index (χ0n) is 18.4. The molecule has 3 aromatic heterocycles. The van der Waals surface area contributed by atoms with Crippen molar-refractivity contribution >= 4 is 29.2 Å². The molecule has 0 saturated carbocycles. The summed E-state index contributed by atoms with van der Waals surface area (Å²) in [6.45, 7) is 2.29. The first kappa shape index (κ1) is 22.3. The number of thioether (sulfide) groups is 1. The molecule has 168 valence electrons. The van der Waals surface area contributed by atoms with E-state index in [4.69, 9.17) is 0 Å². The molecule has 0 radical (unpaired) electrons. The lowest BCUT2D eigenvalue weighted by Gasteiger charge is -2.32. The van der Waals surface area contributed by atoms with Crippen LogP contribution in [-0.2, 0) is 0 Å². The molecule has 1 aliphatic rings. The minimum atomic E-state index is -0.0487. The molecule has 0 aromatic carbocycles. The lowest BCUT2D eigenvalue weighted by Crippen LogP contribution is -2.38. The van der Waals surface area contributed by atoms with Gasteiger partial charge in [-0.2, -0.15) is 0 Å². The lowest BCUT2D eigenvalue weighted by molar-refractivity contribution is 0.0681. The predicted octanol–water partition coefficient (Wildman–Crippen LogP) is 3.90. The molecule has 1 fully saturated rings. The van der Waals surface area contributed by atoms with Gasteiger partial charge in [0.15, 0.2) is 0 Å². The van der Waals surface area contributed by atoms with E-state index in [0.29, 0.717) is 23.6 Å². The van der Waals surface area contributed by atoms with Crippen LogP contribution in [0.5, 0.6) is 0 Å². The number of piperidine rings is 1. The first-order valence-corrected chi connectivity index (χ1v) is 12.4. The van der Waals surface area contributed by atoms with Gasteiger partial charge in [-0.25, -0.2) is 9.97 Å². The molecule has 0 bridgehead atoms. The number of carbonyl (C=O) groups is 2. The molecule has 1 aliphatic heterocycles. The van der Waals surface area contributed by atoms with Crippen LogP contribution in [0.15, 0.2) is 54.1 Å². The Morgan fingerprint density at radius 2 is 1.97 bits per heavy atom. The van der Waals surface area contributed by atoms with Crippen molar-refractivity contribution in [1.82, 2.24) is 24.6 Å². The second-order valence-corrected chi connectivity index (χ2v) is 8.95. The molecule has 1 saturated heterocycles. The van der Waals surface area contributed by atoms with Crippen molar-refractivity contribution in [3.05, 3.63) is 60.2 Å². The summed E-state index contributed by atoms with van der Waals surface area (Å²) in [6.07, 6.45) is 14.3. The number of unbranched alkanes of at least 4 members (excludes halogenated alkanes) is 1. The van der Waals surface area contributed by atoms with Crippen LogP contribution in [0.4, 0.5) is 0 Å². The monoisotopic (exact) mass is 451 g/mol. The average molecular weight is 452 g/mol. The molecule has 4 rings (SSSR count). The Morgan fingerprint density at radius 3 is 2.78 bits per heavy atom. The Kier molecular flexibility index (Phi) is 7.42. The summed E-state index contributed by atoms with van der Waals surface area (Å²) in [5.41, 5.74) is 2.19. The van der Waals surface area contributed by atoms with Gasteiger partial charge in [-0.1, -0.05) is 12.8 Å². The fourth-order valence-corrected chi connectivity index (χ4v) is 4.77. The quantitative estimate of drug-likeness (QED) is 0.415. The molecule has 32 heavy (non-hydrogen) atoms. The van der Waals surface area contributed by atoms with Gasteiger partial charge in [0.2, 0.25) is 0 Å². The van der Waals surface area contributed by atoms with Crippen LogP contribution in [-0.4, -0.2) is 57.0 Å². The number of likely N-dealkylation sites (tertiary alicyclic amines) is 1. The van der Waals surface area contributed by atoms with Crippen LogP contribution in [0.25, 0.3) is 5.65 Å². The van der Waals surface area contributed by atoms with Crippen molar-refractivity contribution in [2.75, 3.05) is 25.9 Å². The fourth-order valence-electron chi connectivity index (χ4n) is 4.23. The van der Waals surface area contributed by atoms with E-state index in [9.17, 15) is 9.59 Å². The number of hydrogen-bond donors (Lipinski definition) is 1. The largest absolute Gasteiger partial charge is 0.352 e. The van der Waals surface area contributed by atoms with Crippen LogP contribution in [0.3, 0.4) is 0 Å². The van der Waals surface area contributed by atoms with Crippen molar-refractivity contribution in [3.8, 4) is 0 Å². The third-order valence-electron chi connectivity index (χ3n) is 6.07. The molecular formula is C24H29N5O2S. The molecule has 4 heterocycles. The van der Waals surface area contributed by atoms with Crippen LogP contribution in [0.1, 0.15) is 52.8 Å². The Hall–Kier alpha value is -2.87. The molecule has 2 amide bonds. The number of amides is 2. The summed E-state index contributed by atoms with van der Waals surface area (Å²) in [5.74, 6) is 0.692. The number of carbonyl (C=O) groups excluding carboxylic acids is 2. The van der Waals surface area contributed by atoms with E-state index in [-0.39, 0.29) is 11.8 Å². The van der Waals surface area contributed by atoms with E-state index in [1.807, 2.05) is 40.0 Å². The number of hydrogen-bond acceptors (Lipinski definition) is 5. The predicted molar refractivity (Wildman–Crippen MR) is 126 cm³/mol. The smallest absolute Gasteiger partial charge is 0.256 e. The highest BCUT2D eigenvalue weighted by Crippen LogP contribution is 2.25. The number of nitrogens with zero attached hydrogens (tertiary/aromatic N) is 4. The first-order valence-electron chi connectivity index (χ1n) is 11.1. The minimum absolute atomic E-state index is 0.0487. The van der Waals surface area contributed by atoms with Gasteiger partial charge in [-0.3, -0.25) is 9.59 Å². The number of rotatable bonds is 8. The highest BCUT2D eigenvalue weighted by molar-refractivity contribution is 7.98. The van der Waals surface area contributed by atoms with Gasteiger partial charge in [0, 0.05) is 44.4 Å². The zero-order chi connectivity index (χ0) is 22.3. The van der Waals surface area contributed by atoms with E-state index >= 15 is 0 Å². The van der Waals surface area contributed by atoms with Crippen molar-refractivity contribution < 1.29 is 9.59 Å². The highest BCUT2D eigenvalue weighted by Gasteiger charge is 2.25. The molecule has 8 heteroatoms. The zero-order valence-corrected chi connectivity index (χ0v) is 19.2. The van der Waals surface area contributed by atoms with Crippen LogP contribution in [0.2, 0.25) is 0 Å². The van der Waals surface area contributed by atoms with E-state index < -0.39 is 0 Å². The van der Waals surface area contributed by atoms with Gasteiger partial charge in [0.1, 0.15) is 10.7 Å². The molecule has 0 spiro atoms. The Labute approximate surface area is 192 Å². The van der Waals surface area contributed by atoms with Gasteiger partial charge in [-0.15, -0.1) is 11.8 Å². The normalized spacial score (nSPS) is 14.6. The highest BCUT2D eigenvalue weighted by atomic mass is 32.2. The summed E-state index contributed by atoms with van der Waals surface area (Å²) in [7, 11) is 0. The standard InChI is InChI=1S/C24H29N5O2S/c1-32-23-20(6-4-12-27-23)24(31)28-14-9-18(10-15-28)5-2-3-11-26-22(30)19-7-8-21-25-13-16-29(21)17-19/h4,6-8,12-13,16-18H,2-3,5,9-11,14-15H2,1H3,(H,26,30). The molecule has 0 aliphatic carbocycles. The number of imidazole rings is 1. The maximum Gasteiger partial charge on any atom is 0.256 e. The van der Waals surface area contributed by atoms with Gasteiger partial charge < -0.3 is 14.6 Å². The molecule has 0 unspecified atom stereocenters. The maximum absolute atomic E-state index is 12.9. The molecule has 3 aromatic rings. The van der Waals surface area contributed by atoms with Gasteiger partial charge in [0.25, 0.3) is 11.8 Å². The summed E-state index contributed by atoms with van der Waals surface area (Å²) >= 11 is 1.51. The van der Waals surface area contributed by atoms with Crippen LogP contribution < -0.4 is 5.32 Å². The molecule has 0 atom stereocenters. The number of nitrogens with one attached hydrogen (secondary N) is 1. The lowest BCUT2D eigenvalue weighted by atomic mass is 9.91. The topological polar surface area (TPSA) is 79.6 Å². The average Bonchev–Trinajstić information content (AvgIpc) is 3.31. The van der Waals surface area contributed by atoms with Gasteiger partial charge in [0.05, 0.1) is 11.1 Å². The Balaban J connectivity index is 1.15. The number of fused-ring (bicyclic) bond motifs is 1. The second-order valence-electron chi connectivity index (χ2n) is 8.16. The maximum atomic E-state index is 12.9. The summed E-state index contributed by atoms with van der Waals surface area (Å²) in [5, 5.41) is 3.81. The van der Waals surface area contributed by atoms with Gasteiger partial charge >= 0.3 is 0 Å². The van der Waals surface area contributed by atoms with Crippen LogP contribution >= 0.6 is 11.8 Å². The van der Waals surface area contributed by atoms with Crippen molar-refractivity contribution in [2.45, 2.75) is 37.1 Å². The number of aromatic nitrogens is 3. The van der Waals surface area contributed by atoms with E-state index in [2.05, 4.69) is 15.3 Å². The molecule has 1 N–H and O–H groups in total. The fraction of sp³-hybridized carbons (Fsp3) is 0.417. The molecule has 7 nitrogen and oxygen atoms in total. The summed E-state index contributed by atoms with van der Waals surface area (Å²) in [6, 6.07) is 7.35. The van der Waals surface area contributed by atoms with E-state index in [1.165, 1.54) is 11.8 Å². The van der Waals surface area contributed by atoms with E-state index in [1.54, 1.807) is 24.7 Å². The third kappa shape index (κ3) is 5.30. The molecular weight excluding hydrogens is 422 g/mol.